The molecule has 1 heterocycles. The summed E-state index contributed by atoms with van der Waals surface area (Å²) in [6, 6.07) is 0. The lowest BCUT2D eigenvalue weighted by molar-refractivity contribution is -0.142. The fourth-order valence-corrected chi connectivity index (χ4v) is 9.43. The summed E-state index contributed by atoms with van der Waals surface area (Å²) in [5, 5.41) is 12.9. The fraction of sp³-hybridized carbons (Fsp3) is 0.800. The van der Waals surface area contributed by atoms with Crippen LogP contribution >= 0.6 is 0 Å². The lowest BCUT2D eigenvalue weighted by Gasteiger charge is -2.59. The van der Waals surface area contributed by atoms with E-state index in [-0.39, 0.29) is 5.60 Å². The molecule has 0 aromatic heterocycles. The van der Waals surface area contributed by atoms with E-state index in [1.807, 2.05) is 0 Å². The topological polar surface area (TPSA) is 41.8 Å². The Labute approximate surface area is 168 Å². The van der Waals surface area contributed by atoms with Crippen molar-refractivity contribution in [1.29, 1.82) is 0 Å². The zero-order chi connectivity index (χ0) is 18.7. The number of hydrogen-bond acceptors (Lipinski definition) is 3. The summed E-state index contributed by atoms with van der Waals surface area (Å²) in [4.78, 5) is 0. The van der Waals surface area contributed by atoms with Gasteiger partial charge in [0.05, 0.1) is 17.9 Å². The molecule has 0 amide bonds. The Hall–Kier alpha value is -1.09. The molecule has 3 heteroatoms. The van der Waals surface area contributed by atoms with Gasteiger partial charge in [-0.1, -0.05) is 29.8 Å². The van der Waals surface area contributed by atoms with Gasteiger partial charge in [-0.2, -0.15) is 0 Å². The fourth-order valence-electron chi connectivity index (χ4n) is 9.43. The van der Waals surface area contributed by atoms with Crippen LogP contribution in [0.5, 0.6) is 0 Å². The zero-order valence-electron chi connectivity index (χ0n) is 17.0. The monoisotopic (exact) mass is 379 g/mol. The van der Waals surface area contributed by atoms with Crippen LogP contribution in [0.2, 0.25) is 0 Å². The molecule has 1 spiro atoms. The molecule has 1 N–H and O–H groups in total. The van der Waals surface area contributed by atoms with E-state index in [0.717, 1.165) is 66.1 Å². The first-order valence-corrected chi connectivity index (χ1v) is 11.9. The summed E-state index contributed by atoms with van der Waals surface area (Å²) in [6.07, 6.45) is 17.6. The molecule has 5 fully saturated rings. The second kappa shape index (κ2) is 5.33. The van der Waals surface area contributed by atoms with Crippen LogP contribution in [0, 0.1) is 52.8 Å². The first-order valence-electron chi connectivity index (χ1n) is 11.9. The molecule has 28 heavy (non-hydrogen) atoms. The maximum atomic E-state index is 9.34. The number of allylic oxidation sites excluding steroid dienone is 2. The van der Waals surface area contributed by atoms with E-state index < -0.39 is 0 Å². The minimum absolute atomic E-state index is 0.0702. The number of hydrogen-bond donors (Lipinski definition) is 1. The average Bonchev–Trinajstić information content (AvgIpc) is 3.64. The van der Waals surface area contributed by atoms with Crippen LogP contribution in [0.1, 0.15) is 58.3 Å². The van der Waals surface area contributed by atoms with E-state index in [9.17, 15) is 5.21 Å². The van der Waals surface area contributed by atoms with E-state index in [1.165, 1.54) is 44.9 Å². The van der Waals surface area contributed by atoms with Crippen LogP contribution in [0.25, 0.3) is 0 Å². The lowest BCUT2D eigenvalue weighted by atomic mass is 9.46. The molecule has 0 unspecified atom stereocenters. The van der Waals surface area contributed by atoms with Crippen molar-refractivity contribution in [2.24, 2.45) is 57.9 Å². The molecule has 0 saturated heterocycles. The van der Waals surface area contributed by atoms with Gasteiger partial charge in [-0.15, -0.1) is 0 Å². The number of fused-ring (bicyclic) bond motifs is 9. The summed E-state index contributed by atoms with van der Waals surface area (Å²) >= 11 is 0. The highest BCUT2D eigenvalue weighted by Gasteiger charge is 2.77. The maximum Gasteiger partial charge on any atom is 0.0954 e. The van der Waals surface area contributed by atoms with E-state index in [4.69, 9.17) is 4.74 Å². The summed E-state index contributed by atoms with van der Waals surface area (Å²) in [6.45, 7) is 3.45. The molecule has 1 aliphatic heterocycles. The standard InChI is InChI=1S/C25H33NO2/c1-24-9-7-18-17-6-5-16(26-27)11-15(17)12-19(14-3-4-14)22(18)23(24)20-13-21(20)25(24)8-2-10-28-25/h2,8,11,14,17-23,27H,3-7,9-10,12-13H2,1H3/b26-16+/t17-,18+,19-,20-,21+,22-,23-,24-,25-/m0/s1. The first-order chi connectivity index (χ1) is 13.7. The third kappa shape index (κ3) is 1.89. The molecule has 9 atom stereocenters. The molecule has 3 nitrogen and oxygen atoms in total. The quantitative estimate of drug-likeness (QED) is 0.386. The van der Waals surface area contributed by atoms with Gasteiger partial charge in [-0.25, -0.2) is 0 Å². The molecule has 0 aromatic rings. The van der Waals surface area contributed by atoms with Crippen LogP contribution in [-0.2, 0) is 4.74 Å². The predicted octanol–water partition coefficient (Wildman–Crippen LogP) is 5.21. The first kappa shape index (κ1) is 16.7. The lowest BCUT2D eigenvalue weighted by Crippen LogP contribution is -2.56. The number of nitrogens with zero attached hydrogens (tertiary/aromatic N) is 1. The van der Waals surface area contributed by atoms with Crippen molar-refractivity contribution >= 4 is 5.71 Å². The Bertz CT molecular complexity index is 809. The van der Waals surface area contributed by atoms with Crippen molar-refractivity contribution in [3.63, 3.8) is 0 Å². The van der Waals surface area contributed by atoms with Crippen molar-refractivity contribution in [2.75, 3.05) is 6.61 Å². The highest BCUT2D eigenvalue weighted by Crippen LogP contribution is 2.78. The maximum absolute atomic E-state index is 9.34. The van der Waals surface area contributed by atoms with Gasteiger partial charge >= 0.3 is 0 Å². The molecule has 7 aliphatic rings. The molecular weight excluding hydrogens is 346 g/mol. The molecular formula is C25H33NO2. The van der Waals surface area contributed by atoms with Crippen molar-refractivity contribution in [3.05, 3.63) is 23.8 Å². The zero-order valence-corrected chi connectivity index (χ0v) is 17.0. The van der Waals surface area contributed by atoms with Crippen LogP contribution in [0.15, 0.2) is 29.0 Å². The van der Waals surface area contributed by atoms with E-state index >= 15 is 0 Å². The van der Waals surface area contributed by atoms with Gasteiger partial charge in [0, 0.05) is 5.41 Å². The smallest absolute Gasteiger partial charge is 0.0954 e. The molecule has 6 aliphatic carbocycles. The summed E-state index contributed by atoms with van der Waals surface area (Å²) < 4.78 is 6.59. The average molecular weight is 380 g/mol. The normalized spacial score (nSPS) is 57.5. The van der Waals surface area contributed by atoms with Gasteiger partial charge in [-0.3, -0.25) is 0 Å². The van der Waals surface area contributed by atoms with Crippen LogP contribution < -0.4 is 0 Å². The minimum atomic E-state index is 0.0702. The van der Waals surface area contributed by atoms with E-state index in [1.54, 1.807) is 5.57 Å². The molecule has 0 radical (unpaired) electrons. The van der Waals surface area contributed by atoms with Gasteiger partial charge in [-0.05, 0) is 105 Å². The Kier molecular flexibility index (Phi) is 3.18. The molecule has 7 rings (SSSR count). The summed E-state index contributed by atoms with van der Waals surface area (Å²) in [5.41, 5.74) is 2.99. The van der Waals surface area contributed by atoms with Gasteiger partial charge in [0.2, 0.25) is 0 Å². The van der Waals surface area contributed by atoms with Crippen molar-refractivity contribution in [3.8, 4) is 0 Å². The Morgan fingerprint density at radius 2 is 2.04 bits per heavy atom. The van der Waals surface area contributed by atoms with E-state index in [2.05, 4.69) is 30.3 Å². The van der Waals surface area contributed by atoms with Gasteiger partial charge in [0.1, 0.15) is 0 Å². The van der Waals surface area contributed by atoms with E-state index in [0.29, 0.717) is 5.41 Å². The molecule has 5 saturated carbocycles. The Balaban J connectivity index is 1.32. The Morgan fingerprint density at radius 1 is 1.14 bits per heavy atom. The minimum Gasteiger partial charge on any atom is -0.411 e. The summed E-state index contributed by atoms with van der Waals surface area (Å²) in [5.74, 6) is 6.96. The highest BCUT2D eigenvalue weighted by molar-refractivity contribution is 5.96. The van der Waals surface area contributed by atoms with Gasteiger partial charge in [0.15, 0.2) is 0 Å². The SMILES string of the molecule is C[C@]12CC[C@H]3[C@H]([C@@H]1[C@H]1C[C@H]1[C@@]21C=CCO1)[C@H](C1CC1)CC1=C/C(=N/O)CC[C@@H]13. The van der Waals surface area contributed by atoms with Crippen LogP contribution in [0.4, 0.5) is 0 Å². The predicted molar refractivity (Wildman–Crippen MR) is 108 cm³/mol. The number of oxime groups is 1. The summed E-state index contributed by atoms with van der Waals surface area (Å²) in [7, 11) is 0. The Morgan fingerprint density at radius 3 is 2.79 bits per heavy atom. The third-order valence-electron chi connectivity index (χ3n) is 10.5. The third-order valence-corrected chi connectivity index (χ3v) is 10.5. The van der Waals surface area contributed by atoms with Crippen molar-refractivity contribution in [2.45, 2.75) is 63.9 Å². The number of ether oxygens (including phenoxy) is 1. The van der Waals surface area contributed by atoms with Gasteiger partial charge < -0.3 is 9.94 Å². The van der Waals surface area contributed by atoms with Crippen molar-refractivity contribution in [1.82, 2.24) is 0 Å². The second-order valence-corrected chi connectivity index (χ2v) is 11.4. The molecule has 0 aromatic carbocycles. The molecule has 0 bridgehead atoms. The van der Waals surface area contributed by atoms with Crippen molar-refractivity contribution < 1.29 is 9.94 Å². The van der Waals surface area contributed by atoms with Gasteiger partial charge in [0.25, 0.3) is 0 Å². The highest BCUT2D eigenvalue weighted by atomic mass is 16.5. The largest absolute Gasteiger partial charge is 0.411 e. The van der Waals surface area contributed by atoms with Crippen LogP contribution in [-0.4, -0.2) is 23.1 Å². The van der Waals surface area contributed by atoms with Crippen LogP contribution in [0.3, 0.4) is 0 Å². The number of rotatable bonds is 1. The molecule has 150 valence electrons. The second-order valence-electron chi connectivity index (χ2n) is 11.4.